The van der Waals surface area contributed by atoms with Gasteiger partial charge in [-0.3, -0.25) is 4.79 Å². The van der Waals surface area contributed by atoms with Crippen LogP contribution in [0.3, 0.4) is 0 Å². The Morgan fingerprint density at radius 1 is 1.34 bits per heavy atom. The lowest BCUT2D eigenvalue weighted by Crippen LogP contribution is -2.40. The number of carboxylic acid groups (broad SMARTS) is 1. The van der Waals surface area contributed by atoms with Gasteiger partial charge >= 0.3 is 12.1 Å². The van der Waals surface area contributed by atoms with Gasteiger partial charge in [0, 0.05) is 37.4 Å². The van der Waals surface area contributed by atoms with Crippen molar-refractivity contribution in [2.75, 3.05) is 19.8 Å². The quantitative estimate of drug-likeness (QED) is 0.708. The first-order valence-corrected chi connectivity index (χ1v) is 10.2. The van der Waals surface area contributed by atoms with E-state index in [9.17, 15) is 18.0 Å². The van der Waals surface area contributed by atoms with Crippen molar-refractivity contribution in [1.29, 1.82) is 0 Å². The summed E-state index contributed by atoms with van der Waals surface area (Å²) in [5.74, 6) is -1.31. The molecule has 0 aromatic carbocycles. The van der Waals surface area contributed by atoms with E-state index in [2.05, 4.69) is 14.7 Å². The standard InChI is InChI=1S/C18H24N4O3.C2HF3O2/c1-3-24-10-14-8-21(18(23)15-6-12(2)25-20-15)9-16-17(14)22(11-19-16)7-13-4-5-13;3-2(4,5)1(6)7/h6,11,13-14H,3-5,7-10H2,1-2H3;(H,6,7). The predicted molar refractivity (Wildman–Crippen MR) is 104 cm³/mol. The third-order valence-corrected chi connectivity index (χ3v) is 5.18. The van der Waals surface area contributed by atoms with E-state index in [1.54, 1.807) is 17.9 Å². The Morgan fingerprint density at radius 3 is 2.56 bits per heavy atom. The van der Waals surface area contributed by atoms with Gasteiger partial charge in [-0.1, -0.05) is 5.16 Å². The Hall–Kier alpha value is -2.89. The third kappa shape index (κ3) is 5.87. The third-order valence-electron chi connectivity index (χ3n) is 5.18. The molecule has 2 aromatic rings. The van der Waals surface area contributed by atoms with Gasteiger partial charge in [0.15, 0.2) is 5.69 Å². The number of amides is 1. The molecular weight excluding hydrogens is 433 g/mol. The normalized spacial score (nSPS) is 18.0. The summed E-state index contributed by atoms with van der Waals surface area (Å²) in [6, 6.07) is 1.68. The SMILES string of the molecule is CCOCC1CN(C(=O)c2cc(C)on2)Cc2ncn(CC3CC3)c21.O=C(O)C(F)(F)F. The van der Waals surface area contributed by atoms with Crippen LogP contribution in [0.1, 0.15) is 53.3 Å². The maximum Gasteiger partial charge on any atom is 0.490 e. The van der Waals surface area contributed by atoms with Crippen LogP contribution in [0, 0.1) is 12.8 Å². The van der Waals surface area contributed by atoms with E-state index >= 15 is 0 Å². The lowest BCUT2D eigenvalue weighted by molar-refractivity contribution is -0.192. The lowest BCUT2D eigenvalue weighted by Gasteiger charge is -2.32. The van der Waals surface area contributed by atoms with Crippen LogP contribution in [0.5, 0.6) is 0 Å². The molecule has 1 fully saturated rings. The van der Waals surface area contributed by atoms with Gasteiger partial charge < -0.3 is 23.8 Å². The first-order valence-electron chi connectivity index (χ1n) is 10.2. The predicted octanol–water partition coefficient (Wildman–Crippen LogP) is 3.00. The van der Waals surface area contributed by atoms with Crippen molar-refractivity contribution in [3.63, 3.8) is 0 Å². The summed E-state index contributed by atoms with van der Waals surface area (Å²) in [5.41, 5.74) is 2.57. The molecule has 1 unspecified atom stereocenters. The molecule has 1 aliphatic carbocycles. The summed E-state index contributed by atoms with van der Waals surface area (Å²) in [7, 11) is 0. The minimum Gasteiger partial charge on any atom is -0.475 e. The van der Waals surface area contributed by atoms with Gasteiger partial charge in [0.25, 0.3) is 5.91 Å². The van der Waals surface area contributed by atoms with Crippen LogP contribution in [0.4, 0.5) is 13.2 Å². The zero-order valence-corrected chi connectivity index (χ0v) is 17.8. The lowest BCUT2D eigenvalue weighted by atomic mass is 9.98. The van der Waals surface area contributed by atoms with Gasteiger partial charge in [-0.05, 0) is 32.6 Å². The van der Waals surface area contributed by atoms with Crippen LogP contribution < -0.4 is 0 Å². The maximum atomic E-state index is 12.8. The molecule has 4 rings (SSSR count). The van der Waals surface area contributed by atoms with E-state index in [4.69, 9.17) is 19.2 Å². The summed E-state index contributed by atoms with van der Waals surface area (Å²) in [4.78, 5) is 28.1. The molecule has 2 aromatic heterocycles. The molecule has 176 valence electrons. The fraction of sp³-hybridized carbons (Fsp3) is 0.600. The number of carboxylic acids is 1. The highest BCUT2D eigenvalue weighted by Gasteiger charge is 2.38. The Bertz CT molecular complexity index is 951. The van der Waals surface area contributed by atoms with Crippen LogP contribution in [0.2, 0.25) is 0 Å². The molecule has 0 bridgehead atoms. The summed E-state index contributed by atoms with van der Waals surface area (Å²) >= 11 is 0. The van der Waals surface area contributed by atoms with E-state index in [1.165, 1.54) is 18.5 Å². The Labute approximate surface area is 182 Å². The number of aliphatic carboxylic acids is 1. The van der Waals surface area contributed by atoms with E-state index in [0.29, 0.717) is 37.8 Å². The molecule has 9 nitrogen and oxygen atoms in total. The zero-order valence-electron chi connectivity index (χ0n) is 17.8. The second kappa shape index (κ2) is 9.72. The molecule has 32 heavy (non-hydrogen) atoms. The van der Waals surface area contributed by atoms with Gasteiger partial charge in [0.1, 0.15) is 5.76 Å². The minimum absolute atomic E-state index is 0.110. The average molecular weight is 458 g/mol. The number of rotatable bonds is 6. The van der Waals surface area contributed by atoms with Crippen LogP contribution in [0.25, 0.3) is 0 Å². The van der Waals surface area contributed by atoms with Gasteiger partial charge in [0.2, 0.25) is 0 Å². The van der Waals surface area contributed by atoms with Crippen molar-refractivity contribution >= 4 is 11.9 Å². The molecule has 0 spiro atoms. The zero-order chi connectivity index (χ0) is 23.5. The number of fused-ring (bicyclic) bond motifs is 1. The number of hydrogen-bond donors (Lipinski definition) is 1. The summed E-state index contributed by atoms with van der Waals surface area (Å²) in [6.07, 6.45) is -0.547. The van der Waals surface area contributed by atoms with Crippen LogP contribution in [0.15, 0.2) is 16.9 Å². The number of alkyl halides is 3. The van der Waals surface area contributed by atoms with E-state index in [0.717, 1.165) is 18.2 Å². The van der Waals surface area contributed by atoms with Gasteiger partial charge in [0.05, 0.1) is 25.2 Å². The number of ether oxygens (including phenoxy) is 1. The van der Waals surface area contributed by atoms with Gasteiger partial charge in [-0.25, -0.2) is 9.78 Å². The largest absolute Gasteiger partial charge is 0.490 e. The molecule has 0 radical (unpaired) electrons. The molecule has 1 saturated carbocycles. The first-order chi connectivity index (χ1) is 15.1. The highest BCUT2D eigenvalue weighted by atomic mass is 19.4. The smallest absolute Gasteiger partial charge is 0.475 e. The second-order valence-electron chi connectivity index (χ2n) is 7.84. The second-order valence-corrected chi connectivity index (χ2v) is 7.84. The highest BCUT2D eigenvalue weighted by molar-refractivity contribution is 5.92. The van der Waals surface area contributed by atoms with Gasteiger partial charge in [-0.15, -0.1) is 0 Å². The number of imidazole rings is 1. The Morgan fingerprint density at radius 2 is 2.03 bits per heavy atom. The van der Waals surface area contributed by atoms with Crippen molar-refractivity contribution < 1.29 is 37.1 Å². The number of carbonyl (C=O) groups excluding carboxylic acids is 1. The van der Waals surface area contributed by atoms with Crippen molar-refractivity contribution in [3.8, 4) is 0 Å². The number of aromatic nitrogens is 3. The molecule has 2 aliphatic rings. The number of halogens is 3. The molecule has 1 N–H and O–H groups in total. The Kier molecular flexibility index (Phi) is 7.22. The van der Waals surface area contributed by atoms with E-state index in [1.807, 2.05) is 13.3 Å². The topological polar surface area (TPSA) is 111 Å². The number of nitrogens with zero attached hydrogens (tertiary/aromatic N) is 4. The summed E-state index contributed by atoms with van der Waals surface area (Å²) in [6.45, 7) is 7.21. The molecule has 0 saturated heterocycles. The Balaban J connectivity index is 0.000000360. The molecule has 12 heteroatoms. The fourth-order valence-electron chi connectivity index (χ4n) is 3.52. The monoisotopic (exact) mass is 458 g/mol. The van der Waals surface area contributed by atoms with Crippen molar-refractivity contribution in [3.05, 3.63) is 35.2 Å². The van der Waals surface area contributed by atoms with Crippen LogP contribution >= 0.6 is 0 Å². The minimum atomic E-state index is -5.08. The maximum absolute atomic E-state index is 12.8. The molecule has 3 heterocycles. The van der Waals surface area contributed by atoms with Crippen LogP contribution in [-0.2, 0) is 22.6 Å². The number of hydrogen-bond acceptors (Lipinski definition) is 6. The van der Waals surface area contributed by atoms with Gasteiger partial charge in [-0.2, -0.15) is 13.2 Å². The molecule has 1 aliphatic heterocycles. The van der Waals surface area contributed by atoms with E-state index in [-0.39, 0.29) is 11.8 Å². The van der Waals surface area contributed by atoms with Crippen LogP contribution in [-0.4, -0.2) is 62.5 Å². The summed E-state index contributed by atoms with van der Waals surface area (Å²) in [5, 5.41) is 11.0. The first kappa shape index (κ1) is 23.8. The van der Waals surface area contributed by atoms with E-state index < -0.39 is 12.1 Å². The molecule has 1 atom stereocenters. The average Bonchev–Trinajstić information content (AvgIpc) is 3.30. The summed E-state index contributed by atoms with van der Waals surface area (Å²) < 4.78 is 44.8. The van der Waals surface area contributed by atoms with Crippen molar-refractivity contribution in [2.45, 2.75) is 51.9 Å². The number of aryl methyl sites for hydroxylation is 1. The molecule has 1 amide bonds. The number of carbonyl (C=O) groups is 2. The fourth-order valence-corrected chi connectivity index (χ4v) is 3.52. The molecular formula is C20H25F3N4O5. The van der Waals surface area contributed by atoms with Crippen molar-refractivity contribution in [1.82, 2.24) is 19.6 Å². The van der Waals surface area contributed by atoms with Crippen molar-refractivity contribution in [2.24, 2.45) is 5.92 Å². The highest BCUT2D eigenvalue weighted by Crippen LogP contribution is 2.34.